The monoisotopic (exact) mass is 248 g/mol. The number of nitrogens with one attached hydrogen (secondary N) is 1. The molecule has 4 nitrogen and oxygen atoms in total. The Morgan fingerprint density at radius 1 is 1.22 bits per heavy atom. The normalized spacial score (nSPS) is 24.6. The highest BCUT2D eigenvalue weighted by atomic mass is 16.3. The van der Waals surface area contributed by atoms with Gasteiger partial charge in [0.2, 0.25) is 0 Å². The van der Waals surface area contributed by atoms with E-state index in [-0.39, 0.29) is 11.5 Å². The molecule has 1 aliphatic carbocycles. The van der Waals surface area contributed by atoms with Gasteiger partial charge in [-0.2, -0.15) is 0 Å². The molecule has 0 radical (unpaired) electrons. The van der Waals surface area contributed by atoms with Gasteiger partial charge in [-0.15, -0.1) is 0 Å². The summed E-state index contributed by atoms with van der Waals surface area (Å²) in [5.41, 5.74) is 0.764. The molecule has 1 atom stereocenters. The van der Waals surface area contributed by atoms with Crippen LogP contribution in [-0.2, 0) is 6.54 Å². The van der Waals surface area contributed by atoms with Crippen molar-refractivity contribution in [2.24, 2.45) is 0 Å². The molecule has 18 heavy (non-hydrogen) atoms. The number of nitrogens with zero attached hydrogens (tertiary/aromatic N) is 1. The number of aromatic hydroxyl groups is 2. The predicted octanol–water partition coefficient (Wildman–Crippen LogP) is 1.42. The Morgan fingerprint density at radius 2 is 2.06 bits per heavy atom. The minimum Gasteiger partial charge on any atom is -0.504 e. The topological polar surface area (TPSA) is 55.7 Å². The zero-order chi connectivity index (χ0) is 12.5. The molecular formula is C14H20N2O2. The summed E-state index contributed by atoms with van der Waals surface area (Å²) in [6.07, 6.45) is 3.90. The quantitative estimate of drug-likeness (QED) is 0.705. The zero-order valence-electron chi connectivity index (χ0n) is 10.5. The Kier molecular flexibility index (Phi) is 3.14. The standard InChI is InChI=1S/C14H20N2O2/c17-13-3-1-2-10(14(13)18)8-15-11-6-7-16(9-11)12-4-5-12/h1-3,11-12,15,17-18H,4-9H2. The Balaban J connectivity index is 1.53. The summed E-state index contributed by atoms with van der Waals surface area (Å²) in [5.74, 6) is -0.0395. The fourth-order valence-electron chi connectivity index (χ4n) is 2.70. The van der Waals surface area contributed by atoms with Crippen molar-refractivity contribution in [2.45, 2.75) is 37.9 Å². The Hall–Kier alpha value is -1.26. The highest BCUT2D eigenvalue weighted by Crippen LogP contribution is 2.31. The lowest BCUT2D eigenvalue weighted by Gasteiger charge is -2.16. The third-order valence-corrected chi connectivity index (χ3v) is 3.96. The average Bonchev–Trinajstić information content (AvgIpc) is 3.11. The second-order valence-electron chi connectivity index (χ2n) is 5.38. The molecule has 2 fully saturated rings. The van der Waals surface area contributed by atoms with Crippen LogP contribution >= 0.6 is 0 Å². The first-order valence-electron chi connectivity index (χ1n) is 6.71. The van der Waals surface area contributed by atoms with E-state index in [4.69, 9.17) is 0 Å². The molecular weight excluding hydrogens is 228 g/mol. The SMILES string of the molecule is Oc1cccc(CNC2CCN(C3CC3)C2)c1O. The summed E-state index contributed by atoms with van der Waals surface area (Å²) in [7, 11) is 0. The molecule has 0 amide bonds. The molecule has 0 bridgehead atoms. The van der Waals surface area contributed by atoms with E-state index in [9.17, 15) is 10.2 Å². The van der Waals surface area contributed by atoms with Gasteiger partial charge in [0.1, 0.15) is 0 Å². The molecule has 98 valence electrons. The van der Waals surface area contributed by atoms with Crippen LogP contribution in [0.4, 0.5) is 0 Å². The lowest BCUT2D eigenvalue weighted by atomic mass is 10.1. The molecule has 1 heterocycles. The molecule has 0 aromatic heterocycles. The minimum absolute atomic E-state index is 0.00189. The van der Waals surface area contributed by atoms with Crippen LogP contribution in [0.3, 0.4) is 0 Å². The molecule has 0 spiro atoms. The van der Waals surface area contributed by atoms with Crippen molar-refractivity contribution in [1.82, 2.24) is 10.2 Å². The first-order chi connectivity index (χ1) is 8.74. The zero-order valence-corrected chi connectivity index (χ0v) is 10.5. The van der Waals surface area contributed by atoms with Gasteiger partial charge in [-0.3, -0.25) is 4.90 Å². The minimum atomic E-state index is -0.0414. The Labute approximate surface area is 107 Å². The van der Waals surface area contributed by atoms with Crippen molar-refractivity contribution in [1.29, 1.82) is 0 Å². The summed E-state index contributed by atoms with van der Waals surface area (Å²) in [5, 5.41) is 22.6. The van der Waals surface area contributed by atoms with Crippen LogP contribution < -0.4 is 5.32 Å². The van der Waals surface area contributed by atoms with E-state index in [0.29, 0.717) is 12.6 Å². The highest BCUT2D eigenvalue weighted by molar-refractivity contribution is 5.44. The number of likely N-dealkylation sites (tertiary alicyclic amines) is 1. The van der Waals surface area contributed by atoms with Crippen molar-refractivity contribution in [3.05, 3.63) is 23.8 Å². The number of rotatable bonds is 4. The number of phenolic OH excluding ortho intramolecular Hbond substituents is 2. The maximum atomic E-state index is 9.72. The predicted molar refractivity (Wildman–Crippen MR) is 69.6 cm³/mol. The van der Waals surface area contributed by atoms with Crippen LogP contribution in [0.15, 0.2) is 18.2 Å². The second-order valence-corrected chi connectivity index (χ2v) is 5.38. The van der Waals surface area contributed by atoms with Gasteiger partial charge in [-0.05, 0) is 25.3 Å². The fourth-order valence-corrected chi connectivity index (χ4v) is 2.70. The van der Waals surface area contributed by atoms with Gasteiger partial charge < -0.3 is 15.5 Å². The van der Waals surface area contributed by atoms with Crippen LogP contribution in [0.1, 0.15) is 24.8 Å². The van der Waals surface area contributed by atoms with Gasteiger partial charge in [0.15, 0.2) is 11.5 Å². The summed E-state index contributed by atoms with van der Waals surface area (Å²) in [6.45, 7) is 2.92. The van der Waals surface area contributed by atoms with Crippen LogP contribution in [0, 0.1) is 0 Å². The molecule has 3 N–H and O–H groups in total. The maximum Gasteiger partial charge on any atom is 0.161 e. The largest absolute Gasteiger partial charge is 0.504 e. The van der Waals surface area contributed by atoms with Crippen LogP contribution in [0.5, 0.6) is 11.5 Å². The van der Waals surface area contributed by atoms with Gasteiger partial charge in [0.25, 0.3) is 0 Å². The third-order valence-electron chi connectivity index (χ3n) is 3.96. The molecule has 1 saturated heterocycles. The van der Waals surface area contributed by atoms with Crippen molar-refractivity contribution in [3.8, 4) is 11.5 Å². The van der Waals surface area contributed by atoms with E-state index in [1.54, 1.807) is 6.07 Å². The van der Waals surface area contributed by atoms with E-state index in [1.807, 2.05) is 6.07 Å². The van der Waals surface area contributed by atoms with Crippen LogP contribution in [0.2, 0.25) is 0 Å². The van der Waals surface area contributed by atoms with E-state index in [1.165, 1.54) is 31.9 Å². The summed E-state index contributed by atoms with van der Waals surface area (Å²) in [4.78, 5) is 2.56. The smallest absolute Gasteiger partial charge is 0.161 e. The summed E-state index contributed by atoms with van der Waals surface area (Å²) in [6, 6.07) is 6.45. The molecule has 1 saturated carbocycles. The number of para-hydroxylation sites is 1. The number of hydrogen-bond donors (Lipinski definition) is 3. The van der Waals surface area contributed by atoms with E-state index < -0.39 is 0 Å². The lowest BCUT2D eigenvalue weighted by Crippen LogP contribution is -2.32. The molecule has 1 unspecified atom stereocenters. The van der Waals surface area contributed by atoms with E-state index >= 15 is 0 Å². The van der Waals surface area contributed by atoms with Gasteiger partial charge in [-0.1, -0.05) is 12.1 Å². The number of phenols is 2. The van der Waals surface area contributed by atoms with Crippen molar-refractivity contribution in [3.63, 3.8) is 0 Å². The van der Waals surface area contributed by atoms with E-state index in [2.05, 4.69) is 10.2 Å². The van der Waals surface area contributed by atoms with E-state index in [0.717, 1.165) is 18.2 Å². The second kappa shape index (κ2) is 4.78. The van der Waals surface area contributed by atoms with Gasteiger partial charge in [0.05, 0.1) is 0 Å². The van der Waals surface area contributed by atoms with Crippen molar-refractivity contribution < 1.29 is 10.2 Å². The van der Waals surface area contributed by atoms with Gasteiger partial charge >= 0.3 is 0 Å². The molecule has 1 aliphatic heterocycles. The highest BCUT2D eigenvalue weighted by Gasteiger charge is 2.34. The summed E-state index contributed by atoms with van der Waals surface area (Å²) >= 11 is 0. The molecule has 3 rings (SSSR count). The van der Waals surface area contributed by atoms with Gasteiger partial charge in [0, 0.05) is 37.3 Å². The third kappa shape index (κ3) is 2.44. The molecule has 1 aromatic rings. The molecule has 1 aromatic carbocycles. The maximum absolute atomic E-state index is 9.72. The van der Waals surface area contributed by atoms with Gasteiger partial charge in [-0.25, -0.2) is 0 Å². The average molecular weight is 248 g/mol. The van der Waals surface area contributed by atoms with Crippen LogP contribution in [-0.4, -0.2) is 40.3 Å². The Bertz CT molecular complexity index is 432. The van der Waals surface area contributed by atoms with Crippen molar-refractivity contribution in [2.75, 3.05) is 13.1 Å². The molecule has 2 aliphatic rings. The van der Waals surface area contributed by atoms with Crippen molar-refractivity contribution >= 4 is 0 Å². The first kappa shape index (κ1) is 11.8. The lowest BCUT2D eigenvalue weighted by molar-refractivity contribution is 0.317. The fraction of sp³-hybridized carbons (Fsp3) is 0.571. The summed E-state index contributed by atoms with van der Waals surface area (Å²) < 4.78 is 0. The first-order valence-corrected chi connectivity index (χ1v) is 6.71. The van der Waals surface area contributed by atoms with Crippen LogP contribution in [0.25, 0.3) is 0 Å². The molecule has 4 heteroatoms. The number of benzene rings is 1. The number of hydrogen-bond acceptors (Lipinski definition) is 4. The Morgan fingerprint density at radius 3 is 2.83 bits per heavy atom.